The van der Waals surface area contributed by atoms with Crippen LogP contribution in [0.4, 0.5) is 0 Å². The van der Waals surface area contributed by atoms with Crippen LogP contribution in [0.5, 0.6) is 5.75 Å². The summed E-state index contributed by atoms with van der Waals surface area (Å²) in [5.41, 5.74) is 5.35. The predicted molar refractivity (Wildman–Crippen MR) is 93.5 cm³/mol. The molecule has 1 nitrogen and oxygen atoms in total. The van der Waals surface area contributed by atoms with Gasteiger partial charge in [-0.05, 0) is 37.7 Å². The lowest BCUT2D eigenvalue weighted by Crippen LogP contribution is -2.20. The average Bonchev–Trinajstić information content (AvgIpc) is 2.27. The Bertz CT molecular complexity index is 483. The summed E-state index contributed by atoms with van der Waals surface area (Å²) >= 11 is 0. The van der Waals surface area contributed by atoms with E-state index in [0.29, 0.717) is 6.61 Å². The Morgan fingerprint density at radius 3 is 1.71 bits per heavy atom. The van der Waals surface area contributed by atoms with Crippen molar-refractivity contribution in [3.05, 3.63) is 40.5 Å². The third-order valence-electron chi connectivity index (χ3n) is 3.57. The van der Waals surface area contributed by atoms with Crippen LogP contribution < -0.4 is 4.74 Å². The van der Waals surface area contributed by atoms with Gasteiger partial charge in [0, 0.05) is 11.1 Å². The molecule has 0 amide bonds. The van der Waals surface area contributed by atoms with Gasteiger partial charge in [0.15, 0.2) is 0 Å². The number of ether oxygens (including phenoxy) is 1. The summed E-state index contributed by atoms with van der Waals surface area (Å²) in [7, 11) is 0. The van der Waals surface area contributed by atoms with Gasteiger partial charge in [-0.3, -0.25) is 0 Å². The number of hydrogen-bond donors (Lipinski definition) is 0. The minimum atomic E-state index is 0.0757. The maximum atomic E-state index is 6.21. The lowest BCUT2D eigenvalue weighted by molar-refractivity contribution is 0.338. The Hall–Kier alpha value is -1.24. The highest BCUT2D eigenvalue weighted by Crippen LogP contribution is 2.40. The van der Waals surface area contributed by atoms with Crippen molar-refractivity contribution in [2.45, 2.75) is 73.1 Å². The molecule has 118 valence electrons. The van der Waals surface area contributed by atoms with E-state index < -0.39 is 0 Å². The molecule has 0 aromatic heterocycles. The molecule has 0 aliphatic carbocycles. The second kappa shape index (κ2) is 6.25. The summed E-state index contributed by atoms with van der Waals surface area (Å²) in [5.74, 6) is 1.07. The van der Waals surface area contributed by atoms with Crippen molar-refractivity contribution in [3.63, 3.8) is 0 Å². The molecule has 0 saturated carbocycles. The van der Waals surface area contributed by atoms with E-state index in [4.69, 9.17) is 4.74 Å². The van der Waals surface area contributed by atoms with Crippen LogP contribution in [0.25, 0.3) is 0 Å². The molecule has 1 aromatic carbocycles. The highest BCUT2D eigenvalue weighted by molar-refractivity contribution is 5.50. The molecule has 0 unspecified atom stereocenters. The molecule has 0 fully saturated rings. The van der Waals surface area contributed by atoms with Gasteiger partial charge in [0.2, 0.25) is 0 Å². The third kappa shape index (κ3) is 4.91. The molecule has 0 aliphatic rings. The zero-order chi connectivity index (χ0) is 16.4. The first-order chi connectivity index (χ1) is 9.43. The van der Waals surface area contributed by atoms with E-state index in [9.17, 15) is 0 Å². The van der Waals surface area contributed by atoms with Gasteiger partial charge in [-0.1, -0.05) is 64.8 Å². The van der Waals surface area contributed by atoms with Crippen molar-refractivity contribution < 1.29 is 4.74 Å². The van der Waals surface area contributed by atoms with E-state index in [1.807, 2.05) is 0 Å². The molecule has 0 radical (unpaired) electrons. The lowest BCUT2D eigenvalue weighted by atomic mass is 9.78. The molecule has 1 aromatic rings. The number of rotatable bonds is 3. The van der Waals surface area contributed by atoms with E-state index in [2.05, 4.69) is 80.5 Å². The summed E-state index contributed by atoms with van der Waals surface area (Å²) in [6.45, 7) is 20.5. The van der Waals surface area contributed by atoms with Crippen molar-refractivity contribution in [1.29, 1.82) is 0 Å². The highest BCUT2D eigenvalue weighted by atomic mass is 16.5. The van der Waals surface area contributed by atoms with E-state index in [1.165, 1.54) is 22.3 Å². The van der Waals surface area contributed by atoms with Gasteiger partial charge in [0.25, 0.3) is 0 Å². The number of hydrogen-bond acceptors (Lipinski definition) is 1. The molecular formula is C20H32O. The maximum absolute atomic E-state index is 6.21. The molecule has 1 rings (SSSR count). The van der Waals surface area contributed by atoms with E-state index in [-0.39, 0.29) is 10.8 Å². The fraction of sp³-hybridized carbons (Fsp3) is 0.600. The molecule has 0 spiro atoms. The average molecular weight is 288 g/mol. The van der Waals surface area contributed by atoms with E-state index >= 15 is 0 Å². The first-order valence-corrected chi connectivity index (χ1v) is 7.84. The minimum Gasteiger partial charge on any atom is -0.489 e. The van der Waals surface area contributed by atoms with Gasteiger partial charge in [-0.25, -0.2) is 0 Å². The first kappa shape index (κ1) is 17.8. The Kier molecular flexibility index (Phi) is 5.30. The zero-order valence-electron chi connectivity index (χ0n) is 15.3. The molecule has 1 heteroatoms. The molecule has 21 heavy (non-hydrogen) atoms. The molecule has 0 saturated heterocycles. The van der Waals surface area contributed by atoms with E-state index in [0.717, 1.165) is 5.75 Å². The SMILES string of the molecule is CC(C)=CCOc1c(C(C)(C)C)cc(C)cc1C(C)(C)C. The summed E-state index contributed by atoms with van der Waals surface area (Å²) in [5, 5.41) is 0. The van der Waals surface area contributed by atoms with Crippen LogP contribution in [0.1, 0.15) is 72.1 Å². The molecular weight excluding hydrogens is 256 g/mol. The van der Waals surface area contributed by atoms with E-state index in [1.54, 1.807) is 0 Å². The van der Waals surface area contributed by atoms with Crippen LogP contribution in [-0.2, 0) is 10.8 Å². The largest absolute Gasteiger partial charge is 0.489 e. The summed E-state index contributed by atoms with van der Waals surface area (Å²) in [6, 6.07) is 4.54. The number of aryl methyl sites for hydroxylation is 1. The van der Waals surface area contributed by atoms with Crippen LogP contribution in [0, 0.1) is 6.92 Å². The van der Waals surface area contributed by atoms with Gasteiger partial charge in [-0.2, -0.15) is 0 Å². The number of allylic oxidation sites excluding steroid dienone is 1. The van der Waals surface area contributed by atoms with Gasteiger partial charge < -0.3 is 4.74 Å². The second-order valence-electron chi connectivity index (χ2n) is 8.28. The lowest BCUT2D eigenvalue weighted by Gasteiger charge is -2.30. The van der Waals surface area contributed by atoms with Crippen LogP contribution in [0.15, 0.2) is 23.8 Å². The van der Waals surface area contributed by atoms with Crippen molar-refractivity contribution >= 4 is 0 Å². The Morgan fingerprint density at radius 1 is 0.952 bits per heavy atom. The third-order valence-corrected chi connectivity index (χ3v) is 3.57. The predicted octanol–water partition coefficient (Wildman–Crippen LogP) is 5.94. The molecule has 0 bridgehead atoms. The highest BCUT2D eigenvalue weighted by Gasteiger charge is 2.27. The minimum absolute atomic E-state index is 0.0757. The standard InChI is InChI=1S/C20H32O/c1-14(2)10-11-21-18-16(19(4,5)6)12-15(3)13-17(18)20(7,8)9/h10,12-13H,11H2,1-9H3. The topological polar surface area (TPSA) is 9.23 Å². The Labute approximate surface area is 131 Å². The van der Waals surface area contributed by atoms with Gasteiger partial charge in [0.05, 0.1) is 0 Å². The van der Waals surface area contributed by atoms with Crippen LogP contribution in [-0.4, -0.2) is 6.61 Å². The molecule has 0 aliphatic heterocycles. The molecule has 0 heterocycles. The van der Waals surface area contributed by atoms with Crippen LogP contribution in [0.3, 0.4) is 0 Å². The zero-order valence-corrected chi connectivity index (χ0v) is 15.3. The Morgan fingerprint density at radius 2 is 1.38 bits per heavy atom. The number of benzene rings is 1. The summed E-state index contributed by atoms with van der Waals surface area (Å²) in [6.07, 6.45) is 2.14. The second-order valence-corrected chi connectivity index (χ2v) is 8.28. The fourth-order valence-electron chi connectivity index (χ4n) is 2.33. The van der Waals surface area contributed by atoms with Crippen molar-refractivity contribution in [2.24, 2.45) is 0 Å². The van der Waals surface area contributed by atoms with Gasteiger partial charge in [-0.15, -0.1) is 0 Å². The Balaban J connectivity index is 3.43. The van der Waals surface area contributed by atoms with Gasteiger partial charge in [0.1, 0.15) is 12.4 Å². The normalized spacial score (nSPS) is 12.2. The quantitative estimate of drug-likeness (QED) is 0.626. The maximum Gasteiger partial charge on any atom is 0.127 e. The molecule has 0 atom stereocenters. The van der Waals surface area contributed by atoms with Crippen molar-refractivity contribution in [1.82, 2.24) is 0 Å². The summed E-state index contributed by atoms with van der Waals surface area (Å²) in [4.78, 5) is 0. The summed E-state index contributed by atoms with van der Waals surface area (Å²) < 4.78 is 6.21. The van der Waals surface area contributed by atoms with Crippen LogP contribution >= 0.6 is 0 Å². The first-order valence-electron chi connectivity index (χ1n) is 7.84. The fourth-order valence-corrected chi connectivity index (χ4v) is 2.33. The van der Waals surface area contributed by atoms with Crippen LogP contribution in [0.2, 0.25) is 0 Å². The van der Waals surface area contributed by atoms with Crippen molar-refractivity contribution in [2.75, 3.05) is 6.61 Å². The van der Waals surface area contributed by atoms with Gasteiger partial charge >= 0.3 is 0 Å². The van der Waals surface area contributed by atoms with Crippen molar-refractivity contribution in [3.8, 4) is 5.75 Å². The molecule has 0 N–H and O–H groups in total. The monoisotopic (exact) mass is 288 g/mol. The smallest absolute Gasteiger partial charge is 0.127 e.